The fraction of sp³-hybridized carbons (Fsp3) is 0.238. The number of nitrogens with one attached hydrogen (secondary N) is 1. The second-order valence-electron chi connectivity index (χ2n) is 7.58. The minimum atomic E-state index is -6.58. The summed E-state index contributed by atoms with van der Waals surface area (Å²) in [6.45, 7) is 3.18. The van der Waals surface area contributed by atoms with Crippen LogP contribution in [0.3, 0.4) is 0 Å². The second kappa shape index (κ2) is 9.03. The molecule has 0 amide bonds. The van der Waals surface area contributed by atoms with E-state index in [-0.39, 0.29) is 22.8 Å². The van der Waals surface area contributed by atoms with Crippen LogP contribution in [0, 0.1) is 5.41 Å². The van der Waals surface area contributed by atoms with Gasteiger partial charge < -0.3 is 0 Å². The molecular formula is C21H18F6N3O4S2+. The zero-order valence-corrected chi connectivity index (χ0v) is 20.1. The number of aryl methyl sites for hydroxylation is 2. The average Bonchev–Trinajstić information content (AvgIpc) is 3.35. The Morgan fingerprint density at radius 2 is 1.50 bits per heavy atom. The lowest BCUT2D eigenvalue weighted by Crippen LogP contribution is -2.35. The van der Waals surface area contributed by atoms with Crippen LogP contribution in [0.1, 0.15) is 18.1 Å². The maximum absolute atomic E-state index is 13.0. The van der Waals surface area contributed by atoms with Crippen molar-refractivity contribution in [3.8, 4) is 0 Å². The van der Waals surface area contributed by atoms with Gasteiger partial charge in [-0.15, -0.1) is 0 Å². The lowest BCUT2D eigenvalue weighted by molar-refractivity contribution is -0.671. The predicted octanol–water partition coefficient (Wildman–Crippen LogP) is 3.91. The molecule has 4 rings (SSSR count). The standard InChI is InChI=1S/C15H7F6NO4S2.C6H11N2/c16-14(17,18)27(23,24)11-6-9-8-4-2-1-3-7(8)5-10(9)12(22)13(11)28(25,26)15(19,20)21;1-3-8-5-4-7(2)6-8/h1-6,22H;4-6H,3H2,1-2H3/q;+1. The van der Waals surface area contributed by atoms with Crippen LogP contribution in [0.25, 0.3) is 11.6 Å². The highest BCUT2D eigenvalue weighted by Crippen LogP contribution is 2.47. The van der Waals surface area contributed by atoms with Crippen molar-refractivity contribution in [2.45, 2.75) is 24.5 Å². The number of hydrogen-bond donors (Lipinski definition) is 1. The molecule has 1 aromatic heterocycles. The number of fused-ring (bicyclic) bond motifs is 3. The monoisotopic (exact) mass is 554 g/mol. The van der Waals surface area contributed by atoms with Crippen molar-refractivity contribution in [2.24, 2.45) is 7.05 Å². The summed E-state index contributed by atoms with van der Waals surface area (Å²) in [7, 11) is -11.1. The normalized spacial score (nSPS) is 16.1. The van der Waals surface area contributed by atoms with Gasteiger partial charge in [0.15, 0.2) is 0 Å². The lowest BCUT2D eigenvalue weighted by Gasteiger charge is -2.23. The second-order valence-corrected chi connectivity index (χ2v) is 11.4. The lowest BCUT2D eigenvalue weighted by atomic mass is 9.95. The van der Waals surface area contributed by atoms with Crippen molar-refractivity contribution < 1.29 is 47.7 Å². The van der Waals surface area contributed by atoms with Crippen LogP contribution in [0.2, 0.25) is 0 Å². The van der Waals surface area contributed by atoms with Crippen LogP contribution in [-0.4, -0.2) is 38.1 Å². The number of halogens is 6. The van der Waals surface area contributed by atoms with Crippen molar-refractivity contribution in [1.82, 2.24) is 4.57 Å². The summed E-state index contributed by atoms with van der Waals surface area (Å²) in [5, 5.41) is 7.82. The molecule has 194 valence electrons. The van der Waals surface area contributed by atoms with Crippen LogP contribution in [0.15, 0.2) is 64.4 Å². The minimum Gasteiger partial charge on any atom is -0.299 e. The van der Waals surface area contributed by atoms with E-state index in [4.69, 9.17) is 5.41 Å². The minimum absolute atomic E-state index is 0.153. The van der Waals surface area contributed by atoms with Gasteiger partial charge in [0, 0.05) is 5.57 Å². The molecule has 2 aliphatic carbocycles. The first kappa shape index (κ1) is 27.4. The Bertz CT molecular complexity index is 1540. The molecule has 2 aromatic rings. The number of rotatable bonds is 3. The van der Waals surface area contributed by atoms with Gasteiger partial charge in [-0.2, -0.15) is 26.3 Å². The van der Waals surface area contributed by atoms with E-state index in [9.17, 15) is 43.2 Å². The third-order valence-electron chi connectivity index (χ3n) is 5.19. The Balaban J connectivity index is 0.000000383. The van der Waals surface area contributed by atoms with Gasteiger partial charge in [0.2, 0.25) is 6.33 Å². The van der Waals surface area contributed by atoms with Gasteiger partial charge in [0.1, 0.15) is 17.3 Å². The quantitative estimate of drug-likeness (QED) is 0.459. The Labute approximate surface area is 202 Å². The van der Waals surface area contributed by atoms with Crippen molar-refractivity contribution >= 4 is 37.0 Å². The van der Waals surface area contributed by atoms with E-state index in [1.54, 1.807) is 0 Å². The molecule has 0 radical (unpaired) electrons. The van der Waals surface area contributed by atoms with Crippen LogP contribution in [0.5, 0.6) is 0 Å². The molecule has 0 saturated carbocycles. The third kappa shape index (κ3) is 4.64. The van der Waals surface area contributed by atoms with Crippen molar-refractivity contribution in [2.75, 3.05) is 0 Å². The number of nitrogens with zero attached hydrogens (tertiary/aromatic N) is 2. The number of aromatic nitrogens is 2. The number of benzene rings is 1. The zero-order valence-electron chi connectivity index (χ0n) is 18.5. The molecule has 36 heavy (non-hydrogen) atoms. The molecule has 0 spiro atoms. The molecule has 0 bridgehead atoms. The summed E-state index contributed by atoms with van der Waals surface area (Å²) in [5.41, 5.74) is -13.9. The van der Waals surface area contributed by atoms with E-state index in [2.05, 4.69) is 24.0 Å². The fourth-order valence-electron chi connectivity index (χ4n) is 3.45. The molecule has 0 unspecified atom stereocenters. The molecule has 0 aliphatic heterocycles. The van der Waals surface area contributed by atoms with Gasteiger partial charge in [0.05, 0.1) is 24.2 Å². The Hall–Kier alpha value is -3.20. The molecule has 0 fully saturated rings. The van der Waals surface area contributed by atoms with E-state index in [1.165, 1.54) is 24.3 Å². The van der Waals surface area contributed by atoms with Gasteiger partial charge in [-0.25, -0.2) is 26.0 Å². The summed E-state index contributed by atoms with van der Waals surface area (Å²) >= 11 is 0. The average molecular weight is 555 g/mol. The summed E-state index contributed by atoms with van der Waals surface area (Å²) in [6, 6.07) is 5.69. The first-order chi connectivity index (χ1) is 16.4. The first-order valence-corrected chi connectivity index (χ1v) is 12.9. The van der Waals surface area contributed by atoms with E-state index in [0.717, 1.165) is 12.6 Å². The molecule has 2 aliphatic rings. The zero-order chi connectivity index (χ0) is 27.3. The molecular weight excluding hydrogens is 536 g/mol. The number of alkyl halides is 6. The van der Waals surface area contributed by atoms with Crippen molar-refractivity contribution in [3.63, 3.8) is 0 Å². The Morgan fingerprint density at radius 1 is 0.917 bits per heavy atom. The van der Waals surface area contributed by atoms with E-state index in [1.807, 2.05) is 17.8 Å². The van der Waals surface area contributed by atoms with Crippen molar-refractivity contribution in [3.05, 3.63) is 75.6 Å². The van der Waals surface area contributed by atoms with Crippen molar-refractivity contribution in [1.29, 1.82) is 5.41 Å². The summed E-state index contributed by atoms with van der Waals surface area (Å²) in [4.78, 5) is -4.38. The summed E-state index contributed by atoms with van der Waals surface area (Å²) in [6.07, 6.45) is 7.47. The largest absolute Gasteiger partial charge is 0.502 e. The fourth-order valence-corrected chi connectivity index (χ4v) is 5.91. The van der Waals surface area contributed by atoms with Crippen LogP contribution in [0.4, 0.5) is 26.3 Å². The predicted molar refractivity (Wildman–Crippen MR) is 118 cm³/mol. The molecule has 15 heteroatoms. The molecule has 0 saturated heterocycles. The number of sulfone groups is 2. The van der Waals surface area contributed by atoms with Gasteiger partial charge in [0.25, 0.3) is 19.7 Å². The van der Waals surface area contributed by atoms with Gasteiger partial charge >= 0.3 is 11.0 Å². The van der Waals surface area contributed by atoms with Crippen LogP contribution in [-0.2, 0) is 33.3 Å². The van der Waals surface area contributed by atoms with E-state index < -0.39 is 51.8 Å². The van der Waals surface area contributed by atoms with Crippen LogP contribution >= 0.6 is 0 Å². The summed E-state index contributed by atoms with van der Waals surface area (Å²) in [5.74, 6) is 0. The summed E-state index contributed by atoms with van der Waals surface area (Å²) < 4.78 is 130. The molecule has 0 atom stereocenters. The van der Waals surface area contributed by atoms with Crippen LogP contribution < -0.4 is 4.57 Å². The molecule has 1 N–H and O–H groups in total. The van der Waals surface area contributed by atoms with Gasteiger partial charge in [-0.3, -0.25) is 5.41 Å². The Kier molecular flexibility index (Phi) is 6.87. The van der Waals surface area contributed by atoms with E-state index in [0.29, 0.717) is 0 Å². The molecule has 1 aromatic carbocycles. The third-order valence-corrected chi connectivity index (χ3v) is 8.40. The highest BCUT2D eigenvalue weighted by Gasteiger charge is 2.57. The highest BCUT2D eigenvalue weighted by atomic mass is 32.2. The van der Waals surface area contributed by atoms with Gasteiger partial charge in [-0.1, -0.05) is 24.3 Å². The number of imidazole rings is 1. The molecule has 7 nitrogen and oxygen atoms in total. The SMILES string of the molecule is CCn1cc[n+](C)c1.N=C1C2=Cc3ccccc3C2=CC(S(=O)(=O)C(F)(F)F)=C1S(=O)(=O)C(F)(F)F. The molecule has 1 heterocycles. The maximum atomic E-state index is 13.0. The number of hydrogen-bond acceptors (Lipinski definition) is 5. The topological polar surface area (TPSA) is 101 Å². The highest BCUT2D eigenvalue weighted by molar-refractivity contribution is 8.00. The van der Waals surface area contributed by atoms with Gasteiger partial charge in [-0.05, 0) is 35.8 Å². The maximum Gasteiger partial charge on any atom is 0.502 e. The Morgan fingerprint density at radius 3 is 1.97 bits per heavy atom. The number of allylic oxidation sites excluding steroid dienone is 4. The first-order valence-electron chi connectivity index (χ1n) is 9.94. The smallest absolute Gasteiger partial charge is 0.299 e. The van der Waals surface area contributed by atoms with E-state index >= 15 is 0 Å².